The maximum atomic E-state index is 11.4. The zero-order valence-corrected chi connectivity index (χ0v) is 10.1. The van der Waals surface area contributed by atoms with Gasteiger partial charge in [0.1, 0.15) is 4.90 Å². The van der Waals surface area contributed by atoms with Gasteiger partial charge in [0.05, 0.1) is 17.7 Å². The summed E-state index contributed by atoms with van der Waals surface area (Å²) in [5.41, 5.74) is -0.778. The summed E-state index contributed by atoms with van der Waals surface area (Å²) < 4.78 is 35.8. The Bertz CT molecular complexity index is 594. The molecule has 9 heteroatoms. The normalized spacial score (nSPS) is 10.4. The molecule has 0 heterocycles. The number of aromatic carboxylic acids is 1. The molecule has 0 amide bonds. The molecule has 0 spiro atoms. The second-order valence-electron chi connectivity index (χ2n) is 3.21. The van der Waals surface area contributed by atoms with Crippen LogP contribution in [0.4, 0.5) is 0 Å². The molecule has 1 aromatic carbocycles. The van der Waals surface area contributed by atoms with Crippen molar-refractivity contribution in [3.63, 3.8) is 0 Å². The summed E-state index contributed by atoms with van der Waals surface area (Å²) in [7, 11) is -4.72. The summed E-state index contributed by atoms with van der Waals surface area (Å²) in [5, 5.41) is 8.72. The van der Waals surface area contributed by atoms with Crippen molar-refractivity contribution in [2.75, 3.05) is 6.61 Å². The van der Waals surface area contributed by atoms with Crippen LogP contribution in [0.2, 0.25) is 0 Å². The van der Waals surface area contributed by atoms with E-state index in [4.69, 9.17) is 9.66 Å². The summed E-state index contributed by atoms with van der Waals surface area (Å²) in [6.07, 6.45) is 0. The summed E-state index contributed by atoms with van der Waals surface area (Å²) in [6.45, 7) is 1.54. The molecule has 0 unspecified atom stereocenters. The van der Waals surface area contributed by atoms with Gasteiger partial charge in [-0.15, -0.1) is 0 Å². The monoisotopic (exact) mass is 408 g/mol. The number of hydrogen-bond donors (Lipinski definition) is 2. The van der Waals surface area contributed by atoms with Crippen molar-refractivity contribution in [3.8, 4) is 0 Å². The maximum absolute atomic E-state index is 11.4. The Balaban J connectivity index is 0.00000324. The third-order valence-corrected chi connectivity index (χ3v) is 2.90. The number of carboxylic acid groups (broad SMARTS) is 1. The first-order valence-electron chi connectivity index (χ1n) is 4.79. The topological polar surface area (TPSA) is 118 Å². The van der Waals surface area contributed by atoms with Gasteiger partial charge in [-0.3, -0.25) is 4.55 Å². The third-order valence-electron chi connectivity index (χ3n) is 2.00. The zero-order chi connectivity index (χ0) is 13.9. The fourth-order valence-electron chi connectivity index (χ4n) is 1.25. The van der Waals surface area contributed by atoms with Gasteiger partial charge < -0.3 is 9.84 Å². The van der Waals surface area contributed by atoms with Gasteiger partial charge in [-0.2, -0.15) is 8.42 Å². The molecule has 7 nitrogen and oxygen atoms in total. The molecule has 0 saturated heterocycles. The van der Waals surface area contributed by atoms with Crippen LogP contribution in [-0.2, 0) is 14.9 Å². The second-order valence-corrected chi connectivity index (χ2v) is 4.60. The second kappa shape index (κ2) is 7.79. The summed E-state index contributed by atoms with van der Waals surface area (Å²) in [6, 6.07) is 2.72. The Morgan fingerprint density at radius 2 is 1.89 bits per heavy atom. The van der Waals surface area contributed by atoms with E-state index < -0.39 is 32.5 Å². The van der Waals surface area contributed by atoms with Crippen molar-refractivity contribution in [2.45, 2.75) is 11.8 Å². The Morgan fingerprint density at radius 3 is 2.32 bits per heavy atom. The quantitative estimate of drug-likeness (QED) is 0.538. The van der Waals surface area contributed by atoms with Crippen molar-refractivity contribution in [1.29, 1.82) is 0 Å². The van der Waals surface area contributed by atoms with E-state index in [0.29, 0.717) is 6.07 Å². The Morgan fingerprint density at radius 1 is 1.32 bits per heavy atom. The molecule has 0 radical (unpaired) electrons. The minimum atomic E-state index is -4.72. The predicted molar refractivity (Wildman–Crippen MR) is 66.3 cm³/mol. The Labute approximate surface area is 168 Å². The fourth-order valence-corrected chi connectivity index (χ4v) is 1.95. The molecular formula is C10H11CsO7S. The molecule has 1 aromatic rings. The van der Waals surface area contributed by atoms with Crippen LogP contribution >= 0.6 is 0 Å². The van der Waals surface area contributed by atoms with Crippen LogP contribution < -0.4 is 0 Å². The van der Waals surface area contributed by atoms with E-state index in [-0.39, 0.29) is 81.1 Å². The van der Waals surface area contributed by atoms with Crippen molar-refractivity contribution < 1.29 is 32.4 Å². The van der Waals surface area contributed by atoms with Crippen LogP contribution in [0.15, 0.2) is 23.1 Å². The molecule has 0 aromatic heterocycles. The average Bonchev–Trinajstić information content (AvgIpc) is 2.27. The van der Waals surface area contributed by atoms with Crippen molar-refractivity contribution in [2.24, 2.45) is 0 Å². The van der Waals surface area contributed by atoms with Crippen LogP contribution in [0.1, 0.15) is 27.6 Å². The fraction of sp³-hybridized carbons (Fsp3) is 0.200. The number of rotatable bonds is 4. The van der Waals surface area contributed by atoms with Gasteiger partial charge in [0, 0.05) is 0 Å². The number of carbonyl (C=O) groups is 2. The van der Waals surface area contributed by atoms with E-state index in [1.165, 1.54) is 6.92 Å². The average molecular weight is 408 g/mol. The molecule has 19 heavy (non-hydrogen) atoms. The van der Waals surface area contributed by atoms with E-state index in [1.54, 1.807) is 0 Å². The number of benzene rings is 1. The van der Waals surface area contributed by atoms with Gasteiger partial charge in [0.25, 0.3) is 10.1 Å². The number of carbonyl (C=O) groups excluding carboxylic acids is 1. The minimum absolute atomic E-state index is 0. The van der Waals surface area contributed by atoms with E-state index in [2.05, 4.69) is 4.74 Å². The molecule has 0 aliphatic heterocycles. The van der Waals surface area contributed by atoms with Gasteiger partial charge >= 0.3 is 80.8 Å². The van der Waals surface area contributed by atoms with Gasteiger partial charge in [-0.1, -0.05) is 0 Å². The van der Waals surface area contributed by atoms with Crippen molar-refractivity contribution in [3.05, 3.63) is 29.3 Å². The Kier molecular flexibility index (Phi) is 7.84. The summed E-state index contributed by atoms with van der Waals surface area (Å²) in [5.74, 6) is -2.34. The van der Waals surface area contributed by atoms with E-state index >= 15 is 0 Å². The number of ether oxygens (including phenoxy) is 1. The van der Waals surface area contributed by atoms with Gasteiger partial charge in [0.2, 0.25) is 0 Å². The van der Waals surface area contributed by atoms with Crippen LogP contribution in [0.25, 0.3) is 0 Å². The van der Waals surface area contributed by atoms with Crippen LogP contribution in [0.5, 0.6) is 0 Å². The van der Waals surface area contributed by atoms with E-state index in [1.807, 2.05) is 0 Å². The SMILES string of the molecule is CCOC(=O)c1ccc(C(=O)O)cc1S(=O)(=O)O.[CsH]. The molecule has 0 atom stereocenters. The van der Waals surface area contributed by atoms with Crippen LogP contribution in [0.3, 0.4) is 0 Å². The molecule has 1 rings (SSSR count). The molecule has 2 N–H and O–H groups in total. The van der Waals surface area contributed by atoms with Crippen molar-refractivity contribution in [1.82, 2.24) is 0 Å². The zero-order valence-electron chi connectivity index (χ0n) is 9.28. The third kappa shape index (κ3) is 5.19. The molecule has 0 fully saturated rings. The Hall–Kier alpha value is 0.122. The molecular weight excluding hydrogens is 397 g/mol. The van der Waals surface area contributed by atoms with Gasteiger partial charge in [-0.25, -0.2) is 9.59 Å². The summed E-state index contributed by atoms with van der Waals surface area (Å²) in [4.78, 5) is 21.4. The van der Waals surface area contributed by atoms with Crippen molar-refractivity contribution >= 4 is 91.0 Å². The molecule has 0 saturated carbocycles. The number of carboxylic acids is 1. The number of hydrogen-bond acceptors (Lipinski definition) is 5. The first-order chi connectivity index (χ1) is 8.27. The van der Waals surface area contributed by atoms with Crippen LogP contribution in [-0.4, -0.2) is 106 Å². The van der Waals surface area contributed by atoms with Gasteiger partial charge in [-0.05, 0) is 25.1 Å². The first-order valence-corrected chi connectivity index (χ1v) is 6.23. The summed E-state index contributed by atoms with van der Waals surface area (Å²) >= 11 is 0. The van der Waals surface area contributed by atoms with Crippen LogP contribution in [0, 0.1) is 0 Å². The van der Waals surface area contributed by atoms with E-state index in [9.17, 15) is 18.0 Å². The molecule has 0 bridgehead atoms. The molecule has 0 aliphatic carbocycles. The van der Waals surface area contributed by atoms with Gasteiger partial charge in [0.15, 0.2) is 0 Å². The standard InChI is InChI=1S/C10H10O7S.Cs.H/c1-2-17-10(13)7-4-3-6(9(11)12)5-8(7)18(14,15)16;;/h3-5H,2H2,1H3,(H,11,12)(H,14,15,16);;. The first kappa shape index (κ1) is 19.1. The molecule has 0 aliphatic rings. The number of esters is 1. The molecule has 100 valence electrons. The van der Waals surface area contributed by atoms with E-state index in [0.717, 1.165) is 12.1 Å². The predicted octanol–water partition coefficient (Wildman–Crippen LogP) is 0.160.